The number of nitrogens with one attached hydrogen (secondary N) is 1. The monoisotopic (exact) mass is 414 g/mol. The van der Waals surface area contributed by atoms with Crippen LogP contribution in [0, 0.1) is 6.92 Å². The second kappa shape index (κ2) is 7.76. The topological polar surface area (TPSA) is 83.9 Å². The number of amides is 2. The number of thiazole rings is 1. The average Bonchev–Trinajstić information content (AvgIpc) is 3.31. The molecule has 9 heteroatoms. The Kier molecular flexibility index (Phi) is 5.19. The number of nitrogens with zero attached hydrogens (tertiary/aromatic N) is 3. The zero-order valence-electron chi connectivity index (χ0n) is 15.3. The number of ether oxygens (including phenoxy) is 1. The molecule has 0 unspecified atom stereocenters. The van der Waals surface area contributed by atoms with Gasteiger partial charge in [0, 0.05) is 12.2 Å². The molecule has 1 aromatic carbocycles. The maximum absolute atomic E-state index is 12.3. The minimum Gasteiger partial charge on any atom is -0.497 e. The number of hydrogen-bond acceptors (Lipinski definition) is 7. The first-order valence-corrected chi connectivity index (χ1v) is 10.3. The number of methoxy groups -OCH3 is 1. The summed E-state index contributed by atoms with van der Waals surface area (Å²) in [7, 11) is 1.62. The molecule has 2 heterocycles. The molecule has 0 atom stereocenters. The van der Waals surface area contributed by atoms with Crippen LogP contribution in [0.1, 0.15) is 23.3 Å². The van der Waals surface area contributed by atoms with Crippen molar-refractivity contribution in [2.75, 3.05) is 12.0 Å². The van der Waals surface area contributed by atoms with Crippen LogP contribution in [0.5, 0.6) is 5.75 Å². The Morgan fingerprint density at radius 2 is 2.21 bits per heavy atom. The molecule has 144 valence electrons. The molecule has 1 aromatic heterocycles. The van der Waals surface area contributed by atoms with Crippen molar-refractivity contribution in [2.24, 2.45) is 4.99 Å². The van der Waals surface area contributed by atoms with E-state index in [1.165, 1.54) is 23.1 Å². The van der Waals surface area contributed by atoms with E-state index in [-0.39, 0.29) is 11.9 Å². The lowest BCUT2D eigenvalue weighted by Crippen LogP contribution is -2.22. The summed E-state index contributed by atoms with van der Waals surface area (Å²) in [6, 6.07) is 5.86. The summed E-state index contributed by atoms with van der Waals surface area (Å²) in [6.07, 6.45) is 6.31. The predicted molar refractivity (Wildman–Crippen MR) is 112 cm³/mol. The molecule has 0 spiro atoms. The fraction of sp³-hybridized carbons (Fsp3) is 0.263. The summed E-state index contributed by atoms with van der Waals surface area (Å²) in [4.78, 5) is 35.4. The minimum absolute atomic E-state index is 0.195. The van der Waals surface area contributed by atoms with Gasteiger partial charge in [-0.2, -0.15) is 0 Å². The van der Waals surface area contributed by atoms with Gasteiger partial charge in [0.25, 0.3) is 5.91 Å². The van der Waals surface area contributed by atoms with Crippen LogP contribution in [-0.2, 0) is 9.59 Å². The van der Waals surface area contributed by atoms with Crippen LogP contribution in [0.4, 0.5) is 10.8 Å². The number of anilines is 1. The van der Waals surface area contributed by atoms with Crippen molar-refractivity contribution in [3.8, 4) is 5.75 Å². The van der Waals surface area contributed by atoms with Crippen molar-refractivity contribution >= 4 is 57.5 Å². The molecule has 7 nitrogen and oxygen atoms in total. The molecular formula is C19H18N4O3S2. The average molecular weight is 415 g/mol. The zero-order chi connectivity index (χ0) is 19.7. The first kappa shape index (κ1) is 18.7. The van der Waals surface area contributed by atoms with E-state index >= 15 is 0 Å². The highest BCUT2D eigenvalue weighted by Crippen LogP contribution is 2.35. The molecule has 0 bridgehead atoms. The lowest BCUT2D eigenvalue weighted by Gasteiger charge is -2.11. The highest BCUT2D eigenvalue weighted by atomic mass is 32.2. The maximum Gasteiger partial charge on any atom is 0.264 e. The standard InChI is InChI=1S/C19H18N4O3S2/c1-11-7-13(26-2)5-6-15(11)21-18-22-17(25)16(28-18)8-14-9-20-19(27-14)23(10-24)12-3-4-12/h5-10,12H,3-4H2,1-2H3,(H,21,22,25)/b16-8-. The van der Waals surface area contributed by atoms with Gasteiger partial charge in [0.1, 0.15) is 5.75 Å². The van der Waals surface area contributed by atoms with Gasteiger partial charge in [-0.3, -0.25) is 14.5 Å². The number of hydrogen-bond donors (Lipinski definition) is 1. The van der Waals surface area contributed by atoms with Crippen molar-refractivity contribution in [3.63, 3.8) is 0 Å². The van der Waals surface area contributed by atoms with Crippen molar-refractivity contribution in [2.45, 2.75) is 25.8 Å². The zero-order valence-corrected chi connectivity index (χ0v) is 17.0. The van der Waals surface area contributed by atoms with Crippen LogP contribution in [0.25, 0.3) is 6.08 Å². The molecule has 1 aliphatic carbocycles. The van der Waals surface area contributed by atoms with Crippen molar-refractivity contribution in [1.82, 2.24) is 10.3 Å². The molecule has 0 radical (unpaired) electrons. The number of aromatic nitrogens is 1. The number of benzene rings is 1. The van der Waals surface area contributed by atoms with Gasteiger partial charge >= 0.3 is 0 Å². The lowest BCUT2D eigenvalue weighted by atomic mass is 10.2. The largest absolute Gasteiger partial charge is 0.497 e. The van der Waals surface area contributed by atoms with Gasteiger partial charge in [-0.1, -0.05) is 11.3 Å². The Hall–Kier alpha value is -2.65. The van der Waals surface area contributed by atoms with E-state index in [2.05, 4.69) is 15.3 Å². The number of aliphatic imine (C=N–C) groups is 1. The van der Waals surface area contributed by atoms with Gasteiger partial charge in [0.05, 0.1) is 22.6 Å². The fourth-order valence-corrected chi connectivity index (χ4v) is 4.50. The molecule has 4 rings (SSSR count). The second-order valence-electron chi connectivity index (χ2n) is 6.42. The summed E-state index contributed by atoms with van der Waals surface area (Å²) >= 11 is 2.68. The summed E-state index contributed by atoms with van der Waals surface area (Å²) in [6.45, 7) is 1.94. The third-order valence-corrected chi connectivity index (χ3v) is 6.20. The molecule has 1 saturated heterocycles. The van der Waals surface area contributed by atoms with Gasteiger partial charge in [-0.05, 0) is 61.4 Å². The highest BCUT2D eigenvalue weighted by Gasteiger charge is 2.31. The first-order chi connectivity index (χ1) is 13.6. The SMILES string of the molecule is COc1ccc(/N=C2/NC(=O)/C(=C/c3cnc(N(C=O)C4CC4)s3)S2)c(C)c1. The van der Waals surface area contributed by atoms with E-state index in [9.17, 15) is 9.59 Å². The third kappa shape index (κ3) is 3.95. The molecule has 2 aliphatic rings. The summed E-state index contributed by atoms with van der Waals surface area (Å²) in [5, 5.41) is 3.98. The number of thioether (sulfide) groups is 1. The molecule has 1 aliphatic heterocycles. The number of carbonyl (C=O) groups is 2. The van der Waals surface area contributed by atoms with Crippen molar-refractivity contribution in [1.29, 1.82) is 0 Å². The van der Waals surface area contributed by atoms with E-state index in [1.807, 2.05) is 25.1 Å². The summed E-state index contributed by atoms with van der Waals surface area (Å²) in [5.41, 5.74) is 1.73. The molecule has 1 N–H and O–H groups in total. The van der Waals surface area contributed by atoms with Gasteiger partial charge in [-0.25, -0.2) is 9.98 Å². The summed E-state index contributed by atoms with van der Waals surface area (Å²) in [5.74, 6) is 0.570. The number of carbonyl (C=O) groups excluding carboxylic acids is 2. The van der Waals surface area contributed by atoms with E-state index < -0.39 is 0 Å². The lowest BCUT2D eigenvalue weighted by molar-refractivity contribution is -0.115. The molecule has 1 saturated carbocycles. The predicted octanol–water partition coefficient (Wildman–Crippen LogP) is 3.48. The maximum atomic E-state index is 12.3. The molecule has 2 amide bonds. The van der Waals surface area contributed by atoms with Crippen molar-refractivity contribution in [3.05, 3.63) is 39.7 Å². The van der Waals surface area contributed by atoms with Crippen LogP contribution < -0.4 is 15.0 Å². The quantitative estimate of drug-likeness (QED) is 0.578. The molecule has 28 heavy (non-hydrogen) atoms. The third-order valence-electron chi connectivity index (χ3n) is 4.34. The normalized spacial score (nSPS) is 19.1. The number of aryl methyl sites for hydroxylation is 1. The Morgan fingerprint density at radius 3 is 2.89 bits per heavy atom. The van der Waals surface area contributed by atoms with E-state index in [0.29, 0.717) is 15.2 Å². The number of rotatable bonds is 6. The summed E-state index contributed by atoms with van der Waals surface area (Å²) < 4.78 is 5.20. The highest BCUT2D eigenvalue weighted by molar-refractivity contribution is 8.18. The van der Waals surface area contributed by atoms with Crippen molar-refractivity contribution < 1.29 is 14.3 Å². The Labute approximate surface area is 170 Å². The molecular weight excluding hydrogens is 396 g/mol. The van der Waals surface area contributed by atoms with Crippen LogP contribution in [0.15, 0.2) is 34.3 Å². The van der Waals surface area contributed by atoms with Gasteiger partial charge < -0.3 is 10.1 Å². The van der Waals surface area contributed by atoms with Gasteiger partial charge in [-0.15, -0.1) is 0 Å². The van der Waals surface area contributed by atoms with E-state index in [4.69, 9.17) is 4.74 Å². The number of amidine groups is 1. The van der Waals surface area contributed by atoms with E-state index in [0.717, 1.165) is 41.1 Å². The molecule has 2 aromatic rings. The van der Waals surface area contributed by atoms with Crippen LogP contribution in [0.2, 0.25) is 0 Å². The van der Waals surface area contributed by atoms with Gasteiger partial charge in [0.15, 0.2) is 10.3 Å². The minimum atomic E-state index is -0.195. The smallest absolute Gasteiger partial charge is 0.264 e. The Balaban J connectivity index is 1.52. The Morgan fingerprint density at radius 1 is 1.39 bits per heavy atom. The first-order valence-electron chi connectivity index (χ1n) is 8.71. The fourth-order valence-electron chi connectivity index (χ4n) is 2.70. The van der Waals surface area contributed by atoms with Gasteiger partial charge in [0.2, 0.25) is 6.41 Å². The van der Waals surface area contributed by atoms with Crippen LogP contribution >= 0.6 is 23.1 Å². The molecule has 2 fully saturated rings. The van der Waals surface area contributed by atoms with Crippen LogP contribution in [0.3, 0.4) is 0 Å². The Bertz CT molecular complexity index is 995. The van der Waals surface area contributed by atoms with E-state index in [1.54, 1.807) is 24.3 Å². The van der Waals surface area contributed by atoms with Crippen LogP contribution in [-0.4, -0.2) is 35.6 Å². The second-order valence-corrected chi connectivity index (χ2v) is 8.49.